The minimum absolute atomic E-state index is 0.0993. The molecule has 172 valence electrons. The van der Waals surface area contributed by atoms with Crippen molar-refractivity contribution in [1.82, 2.24) is 15.2 Å². The first kappa shape index (κ1) is 23.3. The molecular formula is C19H19F3N4O5S. The van der Waals surface area contributed by atoms with Crippen LogP contribution in [0.25, 0.3) is 0 Å². The van der Waals surface area contributed by atoms with Crippen molar-refractivity contribution in [2.24, 2.45) is 0 Å². The number of ether oxygens (including phenoxy) is 1. The van der Waals surface area contributed by atoms with Crippen LogP contribution >= 0.6 is 0 Å². The third-order valence-electron chi connectivity index (χ3n) is 4.64. The number of nitrogens with one attached hydrogen (secondary N) is 3. The van der Waals surface area contributed by atoms with Gasteiger partial charge in [-0.25, -0.2) is 26.4 Å². The van der Waals surface area contributed by atoms with Crippen molar-refractivity contribution < 1.29 is 35.9 Å². The van der Waals surface area contributed by atoms with E-state index in [-0.39, 0.29) is 11.4 Å². The molecule has 0 bridgehead atoms. The molecule has 1 aliphatic rings. The number of rotatable bonds is 6. The molecule has 0 spiro atoms. The SMILES string of the molecule is COc1cc(F)c([C@@H]2CN(NS(C)(=O)=O)C(=O)[C@H]2NC(=O)Nc2ccc(F)cc2)c(F)c1. The van der Waals surface area contributed by atoms with E-state index in [1.54, 1.807) is 0 Å². The highest BCUT2D eigenvalue weighted by atomic mass is 32.2. The van der Waals surface area contributed by atoms with Gasteiger partial charge in [0.25, 0.3) is 5.91 Å². The Kier molecular flexibility index (Phi) is 6.60. The molecule has 0 unspecified atom stereocenters. The van der Waals surface area contributed by atoms with Gasteiger partial charge in [0, 0.05) is 35.8 Å². The van der Waals surface area contributed by atoms with Gasteiger partial charge in [0.15, 0.2) is 0 Å². The van der Waals surface area contributed by atoms with E-state index >= 15 is 0 Å². The van der Waals surface area contributed by atoms with Gasteiger partial charge in [0.05, 0.1) is 13.4 Å². The van der Waals surface area contributed by atoms with Gasteiger partial charge >= 0.3 is 6.03 Å². The van der Waals surface area contributed by atoms with Gasteiger partial charge in [-0.15, -0.1) is 4.83 Å². The molecule has 2 atom stereocenters. The number of sulfonamides is 1. The van der Waals surface area contributed by atoms with Gasteiger partial charge in [-0.1, -0.05) is 0 Å². The molecule has 3 rings (SSSR count). The molecular weight excluding hydrogens is 453 g/mol. The zero-order chi connectivity index (χ0) is 23.6. The van der Waals surface area contributed by atoms with Crippen LogP contribution in [-0.2, 0) is 14.8 Å². The molecule has 9 nitrogen and oxygen atoms in total. The molecule has 1 fully saturated rings. The van der Waals surface area contributed by atoms with Gasteiger partial charge in [-0.3, -0.25) is 9.80 Å². The molecule has 32 heavy (non-hydrogen) atoms. The smallest absolute Gasteiger partial charge is 0.319 e. The average Bonchev–Trinajstić information content (AvgIpc) is 2.97. The summed E-state index contributed by atoms with van der Waals surface area (Å²) in [4.78, 5) is 27.1. The Morgan fingerprint density at radius 2 is 1.72 bits per heavy atom. The van der Waals surface area contributed by atoms with Crippen LogP contribution in [0.15, 0.2) is 36.4 Å². The molecule has 0 aliphatic carbocycles. The van der Waals surface area contributed by atoms with Gasteiger partial charge in [0.1, 0.15) is 29.2 Å². The lowest BCUT2D eigenvalue weighted by molar-refractivity contribution is -0.130. The molecule has 13 heteroatoms. The number of methoxy groups -OCH3 is 1. The third kappa shape index (κ3) is 5.29. The average molecular weight is 472 g/mol. The lowest BCUT2D eigenvalue weighted by Crippen LogP contribution is -2.49. The van der Waals surface area contributed by atoms with Gasteiger partial charge in [0.2, 0.25) is 10.0 Å². The summed E-state index contributed by atoms with van der Waals surface area (Å²) in [6.07, 6.45) is 0.797. The second kappa shape index (κ2) is 9.04. The van der Waals surface area contributed by atoms with E-state index in [1.807, 2.05) is 4.83 Å². The Labute approximate surface area is 181 Å². The highest BCUT2D eigenvalue weighted by Crippen LogP contribution is 2.34. The van der Waals surface area contributed by atoms with Crippen LogP contribution in [0.5, 0.6) is 5.75 Å². The summed E-state index contributed by atoms with van der Waals surface area (Å²) in [7, 11) is -2.68. The molecule has 2 aromatic carbocycles. The van der Waals surface area contributed by atoms with Crippen molar-refractivity contribution in [3.63, 3.8) is 0 Å². The maximum Gasteiger partial charge on any atom is 0.319 e. The minimum atomic E-state index is -3.90. The van der Waals surface area contributed by atoms with Crippen molar-refractivity contribution in [3.8, 4) is 5.75 Å². The van der Waals surface area contributed by atoms with Crippen LogP contribution in [0.2, 0.25) is 0 Å². The summed E-state index contributed by atoms with van der Waals surface area (Å²) in [5.41, 5.74) is -0.331. The molecule has 3 N–H and O–H groups in total. The van der Waals surface area contributed by atoms with E-state index in [0.29, 0.717) is 5.01 Å². The van der Waals surface area contributed by atoms with Gasteiger partial charge in [-0.05, 0) is 24.3 Å². The molecule has 1 aliphatic heterocycles. The normalized spacial score (nSPS) is 18.5. The van der Waals surface area contributed by atoms with Gasteiger partial charge < -0.3 is 15.4 Å². The fraction of sp³-hybridized carbons (Fsp3) is 0.263. The summed E-state index contributed by atoms with van der Waals surface area (Å²) in [5.74, 6) is -4.91. The molecule has 0 saturated carbocycles. The van der Waals surface area contributed by atoms with Crippen LogP contribution in [0, 0.1) is 17.5 Å². The van der Waals surface area contributed by atoms with Crippen molar-refractivity contribution in [1.29, 1.82) is 0 Å². The summed E-state index contributed by atoms with van der Waals surface area (Å²) < 4.78 is 70.4. The van der Waals surface area contributed by atoms with Crippen molar-refractivity contribution in [2.75, 3.05) is 25.2 Å². The second-order valence-corrected chi connectivity index (χ2v) is 8.73. The second-order valence-electron chi connectivity index (χ2n) is 7.01. The summed E-state index contributed by atoms with van der Waals surface area (Å²) >= 11 is 0. The Balaban J connectivity index is 1.91. The van der Waals surface area contributed by atoms with Crippen LogP contribution in [0.3, 0.4) is 0 Å². The number of amides is 3. The van der Waals surface area contributed by atoms with Crippen LogP contribution in [0.1, 0.15) is 11.5 Å². The monoisotopic (exact) mass is 472 g/mol. The Bertz CT molecular complexity index is 1120. The fourth-order valence-corrected chi connectivity index (χ4v) is 3.87. The Morgan fingerprint density at radius 3 is 2.25 bits per heavy atom. The number of hydrogen-bond donors (Lipinski definition) is 3. The number of carbonyl (C=O) groups is 2. The van der Waals surface area contributed by atoms with Crippen LogP contribution in [-0.4, -0.2) is 51.3 Å². The molecule has 2 aromatic rings. The largest absolute Gasteiger partial charge is 0.497 e. The Hall–Kier alpha value is -3.32. The molecule has 1 heterocycles. The first-order valence-electron chi connectivity index (χ1n) is 9.13. The molecule has 0 aromatic heterocycles. The molecule has 1 saturated heterocycles. The number of halogens is 3. The summed E-state index contributed by atoms with van der Waals surface area (Å²) in [5, 5.41) is 5.33. The number of benzene rings is 2. The molecule has 0 radical (unpaired) electrons. The van der Waals surface area contributed by atoms with Crippen molar-refractivity contribution in [3.05, 3.63) is 59.4 Å². The number of urea groups is 1. The standard InChI is InChI=1S/C19H19F3N4O5S/c1-31-12-7-14(21)16(15(22)8-12)13-9-26(25-32(2,29)30)18(27)17(13)24-19(28)23-11-5-3-10(20)4-6-11/h3-8,13,17,25H,9H2,1-2H3,(H2,23,24,28)/t13-,17-/m0/s1. The van der Waals surface area contributed by atoms with E-state index in [4.69, 9.17) is 4.74 Å². The lowest BCUT2D eigenvalue weighted by Gasteiger charge is -2.20. The van der Waals surface area contributed by atoms with Gasteiger partial charge in [-0.2, -0.15) is 0 Å². The Morgan fingerprint density at radius 1 is 1.12 bits per heavy atom. The van der Waals surface area contributed by atoms with Crippen molar-refractivity contribution in [2.45, 2.75) is 12.0 Å². The zero-order valence-electron chi connectivity index (χ0n) is 16.9. The highest BCUT2D eigenvalue weighted by Gasteiger charge is 2.45. The number of hydrogen-bond acceptors (Lipinski definition) is 5. The van der Waals surface area contributed by atoms with Crippen LogP contribution in [0.4, 0.5) is 23.7 Å². The summed E-state index contributed by atoms with van der Waals surface area (Å²) in [6.45, 7) is -0.451. The van der Waals surface area contributed by atoms with Crippen molar-refractivity contribution >= 4 is 27.6 Å². The predicted octanol–water partition coefficient (Wildman–Crippen LogP) is 1.69. The fourth-order valence-electron chi connectivity index (χ4n) is 3.31. The van der Waals surface area contributed by atoms with E-state index in [2.05, 4.69) is 10.6 Å². The number of hydrazine groups is 1. The maximum atomic E-state index is 14.7. The van der Waals surface area contributed by atoms with E-state index in [1.165, 1.54) is 19.2 Å². The van der Waals surface area contributed by atoms with Crippen LogP contribution < -0.4 is 20.2 Å². The first-order valence-corrected chi connectivity index (χ1v) is 11.0. The van der Waals surface area contributed by atoms with E-state index < -0.39 is 63.5 Å². The third-order valence-corrected chi connectivity index (χ3v) is 5.19. The highest BCUT2D eigenvalue weighted by molar-refractivity contribution is 7.88. The summed E-state index contributed by atoms with van der Waals surface area (Å²) in [6, 6.07) is 4.11. The predicted molar refractivity (Wildman–Crippen MR) is 108 cm³/mol. The maximum absolute atomic E-state index is 14.7. The molecule has 3 amide bonds. The minimum Gasteiger partial charge on any atom is -0.497 e. The number of nitrogens with zero attached hydrogens (tertiary/aromatic N) is 1. The van der Waals surface area contributed by atoms with E-state index in [9.17, 15) is 31.2 Å². The topological polar surface area (TPSA) is 117 Å². The quantitative estimate of drug-likeness (QED) is 0.592. The van der Waals surface area contributed by atoms with E-state index in [0.717, 1.165) is 30.5 Å². The number of anilines is 1. The first-order chi connectivity index (χ1) is 15.0. The lowest BCUT2D eigenvalue weighted by atomic mass is 9.93. The number of carbonyl (C=O) groups excluding carboxylic acids is 2. The zero-order valence-corrected chi connectivity index (χ0v) is 17.7.